The second-order valence-corrected chi connectivity index (χ2v) is 23.0. The lowest BCUT2D eigenvalue weighted by molar-refractivity contribution is -0.870. The molecule has 0 aliphatic carbocycles. The summed E-state index contributed by atoms with van der Waals surface area (Å²) in [6, 6.07) is 0. The number of esters is 2. The molecule has 0 rings (SSSR count). The first-order valence-electron chi connectivity index (χ1n) is 33.6. The first-order valence-corrected chi connectivity index (χ1v) is 33.6. The molecular formula is C76H124NO8+. The molecule has 0 aromatic rings. The summed E-state index contributed by atoms with van der Waals surface area (Å²) in [5, 5.41) is 9.73. The summed E-state index contributed by atoms with van der Waals surface area (Å²) in [4.78, 5) is 37.5. The number of carboxylic acid groups (broad SMARTS) is 1. The summed E-state index contributed by atoms with van der Waals surface area (Å²) in [6.07, 6.45) is 93.6. The Morgan fingerprint density at radius 2 is 0.647 bits per heavy atom. The van der Waals surface area contributed by atoms with Crippen LogP contribution in [0.25, 0.3) is 0 Å². The van der Waals surface area contributed by atoms with Crippen molar-refractivity contribution in [3.05, 3.63) is 158 Å². The van der Waals surface area contributed by atoms with Gasteiger partial charge in [-0.15, -0.1) is 0 Å². The Morgan fingerprint density at radius 1 is 0.353 bits per heavy atom. The van der Waals surface area contributed by atoms with Crippen LogP contribution in [-0.4, -0.2) is 87.4 Å². The maximum atomic E-state index is 12.9. The van der Waals surface area contributed by atoms with Crippen molar-refractivity contribution < 1.29 is 42.9 Å². The van der Waals surface area contributed by atoms with Crippen molar-refractivity contribution in [2.75, 3.05) is 47.5 Å². The van der Waals surface area contributed by atoms with E-state index in [0.717, 1.165) is 103 Å². The number of likely N-dealkylation sites (N-methyl/N-ethyl adjacent to an activating group) is 1. The summed E-state index contributed by atoms with van der Waals surface area (Å²) >= 11 is 0. The van der Waals surface area contributed by atoms with Crippen LogP contribution in [-0.2, 0) is 33.3 Å². The van der Waals surface area contributed by atoms with Crippen molar-refractivity contribution in [2.24, 2.45) is 0 Å². The minimum Gasteiger partial charge on any atom is -0.477 e. The molecule has 0 aromatic heterocycles. The molecule has 0 fully saturated rings. The van der Waals surface area contributed by atoms with Crippen LogP contribution >= 0.6 is 0 Å². The molecule has 85 heavy (non-hydrogen) atoms. The van der Waals surface area contributed by atoms with E-state index in [4.69, 9.17) is 18.9 Å². The average Bonchev–Trinajstić information content (AvgIpc) is 3.49. The number of carbonyl (C=O) groups excluding carboxylic acids is 2. The monoisotopic (exact) mass is 1180 g/mol. The smallest absolute Gasteiger partial charge is 0.361 e. The Hall–Kier alpha value is -5.09. The van der Waals surface area contributed by atoms with Gasteiger partial charge in [0.15, 0.2) is 6.10 Å². The second-order valence-electron chi connectivity index (χ2n) is 23.0. The molecule has 480 valence electrons. The lowest BCUT2D eigenvalue weighted by Crippen LogP contribution is -2.40. The van der Waals surface area contributed by atoms with Gasteiger partial charge in [0, 0.05) is 12.8 Å². The predicted molar refractivity (Wildman–Crippen MR) is 363 cm³/mol. The van der Waals surface area contributed by atoms with Crippen molar-refractivity contribution in [2.45, 2.75) is 257 Å². The molecular weight excluding hydrogens is 1050 g/mol. The number of carboxylic acids is 1. The fraction of sp³-hybridized carbons (Fsp3) is 0.618. The van der Waals surface area contributed by atoms with Gasteiger partial charge >= 0.3 is 17.9 Å². The molecule has 0 saturated carbocycles. The van der Waals surface area contributed by atoms with E-state index in [9.17, 15) is 19.5 Å². The van der Waals surface area contributed by atoms with Gasteiger partial charge in [-0.3, -0.25) is 9.59 Å². The zero-order valence-corrected chi connectivity index (χ0v) is 54.7. The molecule has 0 radical (unpaired) electrons. The number of hydrogen-bond acceptors (Lipinski definition) is 7. The van der Waals surface area contributed by atoms with Crippen LogP contribution in [0, 0.1) is 0 Å². The molecule has 0 aliphatic rings. The lowest BCUT2D eigenvalue weighted by Gasteiger charge is -2.25. The Labute approximate surface area is 521 Å². The van der Waals surface area contributed by atoms with Crippen LogP contribution in [0.5, 0.6) is 0 Å². The highest BCUT2D eigenvalue weighted by atomic mass is 16.7. The Bertz CT molecular complexity index is 1950. The fourth-order valence-electron chi connectivity index (χ4n) is 8.71. The van der Waals surface area contributed by atoms with Gasteiger partial charge in [0.05, 0.1) is 34.4 Å². The predicted octanol–water partition coefficient (Wildman–Crippen LogP) is 20.9. The van der Waals surface area contributed by atoms with Crippen LogP contribution < -0.4 is 0 Å². The second kappa shape index (κ2) is 64.9. The zero-order valence-electron chi connectivity index (χ0n) is 54.7. The van der Waals surface area contributed by atoms with Gasteiger partial charge < -0.3 is 28.5 Å². The molecule has 0 saturated heterocycles. The van der Waals surface area contributed by atoms with E-state index in [1.807, 2.05) is 21.1 Å². The van der Waals surface area contributed by atoms with Crippen molar-refractivity contribution in [3.63, 3.8) is 0 Å². The minimum absolute atomic E-state index is 0.170. The van der Waals surface area contributed by atoms with Crippen LogP contribution in [0.1, 0.15) is 245 Å². The lowest BCUT2D eigenvalue weighted by atomic mass is 10.0. The maximum absolute atomic E-state index is 12.9. The highest BCUT2D eigenvalue weighted by molar-refractivity contribution is 5.71. The molecule has 0 heterocycles. The first kappa shape index (κ1) is 79.9. The molecule has 9 heteroatoms. The molecule has 0 amide bonds. The van der Waals surface area contributed by atoms with Crippen LogP contribution in [0.4, 0.5) is 0 Å². The Kier molecular flexibility index (Phi) is 61.0. The molecule has 0 bridgehead atoms. The number of hydrogen-bond donors (Lipinski definition) is 1. The van der Waals surface area contributed by atoms with E-state index >= 15 is 0 Å². The summed E-state index contributed by atoms with van der Waals surface area (Å²) in [5.74, 6) is -2.10. The standard InChI is InChI=1S/C76H123NO8/c1-6-8-10-12-14-16-18-20-22-24-26-28-30-31-32-33-34-35-36-37-38-39-40-41-42-43-45-46-48-50-52-54-56-58-60-62-64-66-73(78)83-70-72(71-84-76(75(80)81)82-69-68-77(3,4)5)85-74(79)67-65-63-61-59-57-55-53-51-49-47-44-29-27-25-23-21-19-17-15-13-11-9-7-2/h8-11,14-17,20-23,26-29,31-32,34-35,47,49,53,55,59,61,72,76H,6-7,12-13,18-19,24-25,30,33,36-46,48,50-52,54,56-58,60,62-71H2,1-5H3/p+1/b10-8-,11-9-,16-14-,17-15-,22-20-,23-21-,28-26-,29-27-,32-31-,35-34-,49-47-,55-53-,61-59-. The Balaban J connectivity index is 4.17. The van der Waals surface area contributed by atoms with Gasteiger partial charge in [-0.05, 0) is 116 Å². The SMILES string of the molecule is CC/C=C\C/C=C\C/C=C\C/C=C\C/C=C\C/C=C\C/C=C\CCCC(=O)OC(COC(=O)CCCCCCCCCCCCCCCCCCCC/C=C\C/C=C\C/C=C\C/C=C\C/C=C\C/C=C\CC)COC(OCC[N+](C)(C)C)C(=O)O. The van der Waals surface area contributed by atoms with E-state index in [-0.39, 0.29) is 38.6 Å². The van der Waals surface area contributed by atoms with Gasteiger partial charge in [0.1, 0.15) is 13.2 Å². The van der Waals surface area contributed by atoms with E-state index in [2.05, 4.69) is 172 Å². The molecule has 2 unspecified atom stereocenters. The number of carbonyl (C=O) groups is 3. The minimum atomic E-state index is -1.54. The van der Waals surface area contributed by atoms with Gasteiger partial charge in [0.25, 0.3) is 6.29 Å². The van der Waals surface area contributed by atoms with E-state index in [1.165, 1.54) is 103 Å². The summed E-state index contributed by atoms with van der Waals surface area (Å²) < 4.78 is 22.9. The molecule has 1 N–H and O–H groups in total. The normalized spacial score (nSPS) is 13.8. The average molecular weight is 1180 g/mol. The molecule has 0 spiro atoms. The molecule has 0 aromatic carbocycles. The highest BCUT2D eigenvalue weighted by Gasteiger charge is 2.25. The van der Waals surface area contributed by atoms with Crippen molar-refractivity contribution in [1.29, 1.82) is 0 Å². The number of unbranched alkanes of at least 4 members (excludes halogenated alkanes) is 19. The zero-order chi connectivity index (χ0) is 61.9. The van der Waals surface area contributed by atoms with Gasteiger partial charge in [0.2, 0.25) is 0 Å². The topological polar surface area (TPSA) is 108 Å². The maximum Gasteiger partial charge on any atom is 0.361 e. The van der Waals surface area contributed by atoms with Crippen LogP contribution in [0.2, 0.25) is 0 Å². The number of aliphatic carboxylic acids is 1. The first-order chi connectivity index (χ1) is 41.6. The number of ether oxygens (including phenoxy) is 4. The van der Waals surface area contributed by atoms with Gasteiger partial charge in [-0.2, -0.15) is 0 Å². The summed E-state index contributed by atoms with van der Waals surface area (Å²) in [6.45, 7) is 4.57. The number of rotatable bonds is 60. The van der Waals surface area contributed by atoms with E-state index < -0.39 is 24.3 Å². The van der Waals surface area contributed by atoms with E-state index in [0.29, 0.717) is 23.9 Å². The number of nitrogens with zero attached hydrogens (tertiary/aromatic N) is 1. The fourth-order valence-corrected chi connectivity index (χ4v) is 8.71. The number of allylic oxidation sites excluding steroid dienone is 26. The third-order valence-corrected chi connectivity index (χ3v) is 13.8. The van der Waals surface area contributed by atoms with Crippen molar-refractivity contribution in [3.8, 4) is 0 Å². The largest absolute Gasteiger partial charge is 0.477 e. The Morgan fingerprint density at radius 3 is 0.976 bits per heavy atom. The van der Waals surface area contributed by atoms with Crippen LogP contribution in [0.3, 0.4) is 0 Å². The van der Waals surface area contributed by atoms with Crippen LogP contribution in [0.15, 0.2) is 158 Å². The van der Waals surface area contributed by atoms with Crippen molar-refractivity contribution >= 4 is 17.9 Å². The van der Waals surface area contributed by atoms with Gasteiger partial charge in [-0.1, -0.05) is 275 Å². The summed E-state index contributed by atoms with van der Waals surface area (Å²) in [7, 11) is 5.95. The molecule has 2 atom stereocenters. The summed E-state index contributed by atoms with van der Waals surface area (Å²) in [5.41, 5.74) is 0. The molecule has 0 aliphatic heterocycles. The third-order valence-electron chi connectivity index (χ3n) is 13.8. The van der Waals surface area contributed by atoms with E-state index in [1.54, 1.807) is 0 Å². The quantitative estimate of drug-likeness (QED) is 0.0211. The number of quaternary nitrogens is 1. The molecule has 9 nitrogen and oxygen atoms in total. The van der Waals surface area contributed by atoms with Crippen molar-refractivity contribution in [1.82, 2.24) is 0 Å². The third kappa shape index (κ3) is 66.3. The van der Waals surface area contributed by atoms with Gasteiger partial charge in [-0.25, -0.2) is 4.79 Å². The highest BCUT2D eigenvalue weighted by Crippen LogP contribution is 2.16.